The fourth-order valence-corrected chi connectivity index (χ4v) is 1.96. The van der Waals surface area contributed by atoms with Crippen LogP contribution in [0.4, 0.5) is 0 Å². The van der Waals surface area contributed by atoms with Crippen LogP contribution in [0.3, 0.4) is 0 Å². The highest BCUT2D eigenvalue weighted by Gasteiger charge is 2.22. The number of hydrogen-bond donors (Lipinski definition) is 3. The maximum absolute atomic E-state index is 11.3. The molecule has 1 rings (SSSR count). The monoisotopic (exact) mass is 215 g/mol. The summed E-state index contributed by atoms with van der Waals surface area (Å²) in [5.74, 6) is 0.0544. The summed E-state index contributed by atoms with van der Waals surface area (Å²) in [5, 5.41) is 21.3. The quantitative estimate of drug-likeness (QED) is 0.587. The van der Waals surface area contributed by atoms with Crippen LogP contribution < -0.4 is 5.32 Å². The molecule has 0 saturated carbocycles. The topological polar surface area (TPSA) is 69.6 Å². The number of unbranched alkanes of at least 4 members (excludes halogenated alkanes) is 1. The van der Waals surface area contributed by atoms with E-state index in [1.165, 1.54) is 0 Å². The van der Waals surface area contributed by atoms with Crippen molar-refractivity contribution in [2.45, 2.75) is 57.1 Å². The molecular formula is C11H21NO3. The molecule has 0 aromatic rings. The van der Waals surface area contributed by atoms with Crippen molar-refractivity contribution in [3.8, 4) is 0 Å². The summed E-state index contributed by atoms with van der Waals surface area (Å²) in [6.07, 6.45) is 5.10. The second-order valence-corrected chi connectivity index (χ2v) is 4.21. The summed E-state index contributed by atoms with van der Waals surface area (Å²) in [4.78, 5) is 11.3. The molecule has 1 amide bonds. The van der Waals surface area contributed by atoms with E-state index < -0.39 is 6.10 Å². The summed E-state index contributed by atoms with van der Waals surface area (Å²) in [6, 6.07) is -0.0845. The molecule has 1 aliphatic rings. The molecule has 0 spiro atoms. The minimum Gasteiger partial charge on any atom is -0.396 e. The van der Waals surface area contributed by atoms with Gasteiger partial charge in [-0.25, -0.2) is 0 Å². The van der Waals surface area contributed by atoms with Crippen molar-refractivity contribution >= 4 is 5.91 Å². The van der Waals surface area contributed by atoms with Gasteiger partial charge in [-0.1, -0.05) is 6.42 Å². The molecule has 0 aliphatic carbocycles. The Kier molecular flexibility index (Phi) is 5.65. The van der Waals surface area contributed by atoms with Crippen molar-refractivity contribution in [3.05, 3.63) is 0 Å². The van der Waals surface area contributed by atoms with E-state index in [1.54, 1.807) is 0 Å². The molecule has 15 heavy (non-hydrogen) atoms. The Bertz CT molecular complexity index is 196. The fraction of sp³-hybridized carbons (Fsp3) is 0.909. The Morgan fingerprint density at radius 2 is 2.20 bits per heavy atom. The molecule has 88 valence electrons. The molecule has 1 saturated heterocycles. The van der Waals surface area contributed by atoms with Gasteiger partial charge in [0.15, 0.2) is 0 Å². The van der Waals surface area contributed by atoms with Gasteiger partial charge in [-0.05, 0) is 32.1 Å². The SMILES string of the molecule is O=C1CCCCC(C(O)CCCCO)N1. The summed E-state index contributed by atoms with van der Waals surface area (Å²) >= 11 is 0. The van der Waals surface area contributed by atoms with E-state index in [-0.39, 0.29) is 18.6 Å². The highest BCUT2D eigenvalue weighted by atomic mass is 16.3. The predicted octanol–water partition coefficient (Wildman–Crippen LogP) is 0.569. The Balaban J connectivity index is 2.29. The smallest absolute Gasteiger partial charge is 0.220 e. The van der Waals surface area contributed by atoms with E-state index in [9.17, 15) is 9.90 Å². The lowest BCUT2D eigenvalue weighted by Crippen LogP contribution is -2.41. The number of amides is 1. The van der Waals surface area contributed by atoms with Gasteiger partial charge >= 0.3 is 0 Å². The second-order valence-electron chi connectivity index (χ2n) is 4.21. The van der Waals surface area contributed by atoms with Gasteiger partial charge in [0, 0.05) is 13.0 Å². The van der Waals surface area contributed by atoms with Crippen molar-refractivity contribution in [1.82, 2.24) is 5.32 Å². The average molecular weight is 215 g/mol. The third kappa shape index (κ3) is 4.62. The van der Waals surface area contributed by atoms with Gasteiger partial charge in [0.05, 0.1) is 12.1 Å². The molecule has 4 heteroatoms. The molecule has 1 fully saturated rings. The number of hydrogen-bond acceptors (Lipinski definition) is 3. The predicted molar refractivity (Wildman–Crippen MR) is 57.3 cm³/mol. The lowest BCUT2D eigenvalue weighted by atomic mass is 10.0. The Hall–Kier alpha value is -0.610. The van der Waals surface area contributed by atoms with Gasteiger partial charge in [0.2, 0.25) is 5.91 Å². The maximum Gasteiger partial charge on any atom is 0.220 e. The molecule has 1 heterocycles. The summed E-state index contributed by atoms with van der Waals surface area (Å²) in [7, 11) is 0. The van der Waals surface area contributed by atoms with Crippen LogP contribution in [-0.2, 0) is 4.79 Å². The molecular weight excluding hydrogens is 194 g/mol. The Labute approximate surface area is 90.7 Å². The third-order valence-corrected chi connectivity index (χ3v) is 2.89. The van der Waals surface area contributed by atoms with E-state index in [2.05, 4.69) is 5.32 Å². The van der Waals surface area contributed by atoms with Crippen LogP contribution in [0.25, 0.3) is 0 Å². The van der Waals surface area contributed by atoms with Crippen LogP contribution in [0.2, 0.25) is 0 Å². The van der Waals surface area contributed by atoms with Crippen molar-refractivity contribution in [2.75, 3.05) is 6.61 Å². The van der Waals surface area contributed by atoms with Gasteiger partial charge in [-0.15, -0.1) is 0 Å². The largest absolute Gasteiger partial charge is 0.396 e. The number of aliphatic hydroxyl groups excluding tert-OH is 2. The second kappa shape index (κ2) is 6.80. The first kappa shape index (κ1) is 12.5. The molecule has 2 unspecified atom stereocenters. The molecule has 0 aromatic heterocycles. The first-order valence-electron chi connectivity index (χ1n) is 5.82. The van der Waals surface area contributed by atoms with E-state index in [0.29, 0.717) is 12.8 Å². The van der Waals surface area contributed by atoms with Crippen molar-refractivity contribution in [2.24, 2.45) is 0 Å². The zero-order valence-corrected chi connectivity index (χ0v) is 9.11. The number of carbonyl (C=O) groups excluding carboxylic acids is 1. The normalized spacial score (nSPS) is 24.4. The van der Waals surface area contributed by atoms with Gasteiger partial charge in [-0.3, -0.25) is 4.79 Å². The minimum atomic E-state index is -0.460. The number of carbonyl (C=O) groups is 1. The lowest BCUT2D eigenvalue weighted by molar-refractivity contribution is -0.122. The van der Waals surface area contributed by atoms with E-state index in [0.717, 1.165) is 32.1 Å². The molecule has 2 atom stereocenters. The zero-order valence-electron chi connectivity index (χ0n) is 9.11. The van der Waals surface area contributed by atoms with Crippen LogP contribution in [0.5, 0.6) is 0 Å². The maximum atomic E-state index is 11.3. The summed E-state index contributed by atoms with van der Waals surface area (Å²) in [6.45, 7) is 0.170. The van der Waals surface area contributed by atoms with Crippen molar-refractivity contribution < 1.29 is 15.0 Å². The van der Waals surface area contributed by atoms with Gasteiger partial charge < -0.3 is 15.5 Å². The highest BCUT2D eigenvalue weighted by Crippen LogP contribution is 2.15. The Morgan fingerprint density at radius 3 is 2.93 bits per heavy atom. The third-order valence-electron chi connectivity index (χ3n) is 2.89. The number of nitrogens with one attached hydrogen (secondary N) is 1. The van der Waals surface area contributed by atoms with Crippen molar-refractivity contribution in [1.29, 1.82) is 0 Å². The van der Waals surface area contributed by atoms with E-state index in [4.69, 9.17) is 5.11 Å². The average Bonchev–Trinajstić information content (AvgIpc) is 2.43. The zero-order chi connectivity index (χ0) is 11.1. The van der Waals surface area contributed by atoms with Crippen LogP contribution >= 0.6 is 0 Å². The van der Waals surface area contributed by atoms with Crippen LogP contribution in [0.1, 0.15) is 44.9 Å². The van der Waals surface area contributed by atoms with Gasteiger partial charge in [0.25, 0.3) is 0 Å². The molecule has 4 nitrogen and oxygen atoms in total. The first-order chi connectivity index (χ1) is 7.24. The summed E-state index contributed by atoms with van der Waals surface area (Å²) < 4.78 is 0. The van der Waals surface area contributed by atoms with E-state index in [1.807, 2.05) is 0 Å². The lowest BCUT2D eigenvalue weighted by Gasteiger charge is -2.22. The highest BCUT2D eigenvalue weighted by molar-refractivity contribution is 5.76. The molecule has 3 N–H and O–H groups in total. The first-order valence-corrected chi connectivity index (χ1v) is 5.82. The molecule has 0 aromatic carbocycles. The standard InChI is InChI=1S/C11H21NO3/c13-8-4-3-6-10(14)9-5-1-2-7-11(15)12-9/h9-10,13-14H,1-8H2,(H,12,15). The van der Waals surface area contributed by atoms with Gasteiger partial charge in [0.1, 0.15) is 0 Å². The van der Waals surface area contributed by atoms with Crippen LogP contribution in [0, 0.1) is 0 Å². The van der Waals surface area contributed by atoms with Crippen molar-refractivity contribution in [3.63, 3.8) is 0 Å². The summed E-state index contributed by atoms with van der Waals surface area (Å²) in [5.41, 5.74) is 0. The van der Waals surface area contributed by atoms with Gasteiger partial charge in [-0.2, -0.15) is 0 Å². The molecule has 0 radical (unpaired) electrons. The number of aliphatic hydroxyl groups is 2. The molecule has 0 bridgehead atoms. The molecule has 1 aliphatic heterocycles. The fourth-order valence-electron chi connectivity index (χ4n) is 1.96. The van der Waals surface area contributed by atoms with E-state index >= 15 is 0 Å². The number of rotatable bonds is 5. The Morgan fingerprint density at radius 1 is 1.40 bits per heavy atom. The van der Waals surface area contributed by atoms with Crippen LogP contribution in [-0.4, -0.2) is 34.9 Å². The minimum absolute atomic E-state index is 0.0544. The van der Waals surface area contributed by atoms with Crippen LogP contribution in [0.15, 0.2) is 0 Å².